The van der Waals surface area contributed by atoms with E-state index in [1.165, 1.54) is 0 Å². The molecule has 4 rings (SSSR count). The topological polar surface area (TPSA) is 84.2 Å². The fraction of sp³-hybridized carbons (Fsp3) is 0.400. The zero-order chi connectivity index (χ0) is 19.7. The van der Waals surface area contributed by atoms with Crippen LogP contribution in [0.25, 0.3) is 11.1 Å². The highest BCUT2D eigenvalue weighted by Crippen LogP contribution is 2.28. The molecule has 28 heavy (non-hydrogen) atoms. The zero-order valence-corrected chi connectivity index (χ0v) is 16.7. The van der Waals surface area contributed by atoms with Gasteiger partial charge in [-0.3, -0.25) is 4.79 Å². The summed E-state index contributed by atoms with van der Waals surface area (Å²) in [5, 5.41) is 3.59. The number of aryl methyl sites for hydroxylation is 2. The van der Waals surface area contributed by atoms with E-state index in [0.717, 1.165) is 36.3 Å². The van der Waals surface area contributed by atoms with Gasteiger partial charge in [-0.1, -0.05) is 11.6 Å². The number of carbonyl (C=O) groups is 1. The van der Waals surface area contributed by atoms with Gasteiger partial charge in [-0.25, -0.2) is 9.97 Å². The standard InChI is InChI=1S/C20H22ClN5O2/c1-12-8-13(2)24-18(23-12)10-22-19(27)14-4-3-7-26(11-14)20-25-16-9-15(21)5-6-17(16)28-20/h5-6,8-9,14H,3-4,7,10-11H2,1-2H3,(H,22,27). The number of fused-ring (bicyclic) bond motifs is 1. The van der Waals surface area contributed by atoms with Gasteiger partial charge in [0.1, 0.15) is 11.3 Å². The number of nitrogens with zero attached hydrogens (tertiary/aromatic N) is 4. The van der Waals surface area contributed by atoms with E-state index in [9.17, 15) is 4.79 Å². The molecule has 1 aliphatic heterocycles. The maximum atomic E-state index is 12.7. The number of oxazole rings is 1. The summed E-state index contributed by atoms with van der Waals surface area (Å²) in [6.07, 6.45) is 1.74. The Balaban J connectivity index is 1.41. The van der Waals surface area contributed by atoms with Crippen LogP contribution in [0.4, 0.5) is 6.01 Å². The fourth-order valence-corrected chi connectivity index (χ4v) is 3.74. The van der Waals surface area contributed by atoms with Gasteiger partial charge in [0.25, 0.3) is 6.01 Å². The van der Waals surface area contributed by atoms with E-state index in [4.69, 9.17) is 16.0 Å². The van der Waals surface area contributed by atoms with Crippen molar-refractivity contribution in [3.63, 3.8) is 0 Å². The summed E-state index contributed by atoms with van der Waals surface area (Å²) in [6, 6.07) is 7.82. The molecule has 2 aromatic heterocycles. The molecule has 146 valence electrons. The predicted octanol–water partition coefficient (Wildman–Crippen LogP) is 3.42. The monoisotopic (exact) mass is 399 g/mol. The summed E-state index contributed by atoms with van der Waals surface area (Å²) >= 11 is 6.02. The summed E-state index contributed by atoms with van der Waals surface area (Å²) in [5.41, 5.74) is 3.22. The Bertz CT molecular complexity index is 999. The summed E-state index contributed by atoms with van der Waals surface area (Å²) in [4.78, 5) is 28.0. The zero-order valence-electron chi connectivity index (χ0n) is 15.9. The third-order valence-electron chi connectivity index (χ3n) is 4.85. The Hall–Kier alpha value is -2.67. The number of benzene rings is 1. The lowest BCUT2D eigenvalue weighted by molar-refractivity contribution is -0.125. The second-order valence-electron chi connectivity index (χ2n) is 7.18. The molecule has 1 fully saturated rings. The maximum absolute atomic E-state index is 12.7. The lowest BCUT2D eigenvalue weighted by atomic mass is 9.97. The van der Waals surface area contributed by atoms with Gasteiger partial charge in [-0.15, -0.1) is 0 Å². The van der Waals surface area contributed by atoms with Crippen LogP contribution in [0.1, 0.15) is 30.1 Å². The minimum Gasteiger partial charge on any atom is -0.423 e. The molecule has 0 radical (unpaired) electrons. The third kappa shape index (κ3) is 4.09. The molecule has 1 N–H and O–H groups in total. The van der Waals surface area contributed by atoms with Crippen molar-refractivity contribution in [1.82, 2.24) is 20.3 Å². The van der Waals surface area contributed by atoms with Crippen LogP contribution in [0.5, 0.6) is 0 Å². The molecular weight excluding hydrogens is 378 g/mol. The number of aromatic nitrogens is 3. The molecule has 1 atom stereocenters. The molecule has 1 aromatic carbocycles. The smallest absolute Gasteiger partial charge is 0.298 e. The Kier molecular flexibility index (Phi) is 5.17. The van der Waals surface area contributed by atoms with Gasteiger partial charge in [0, 0.05) is 29.5 Å². The average Bonchev–Trinajstić information content (AvgIpc) is 3.08. The highest BCUT2D eigenvalue weighted by atomic mass is 35.5. The SMILES string of the molecule is Cc1cc(C)nc(CNC(=O)C2CCCN(c3nc4cc(Cl)ccc4o3)C2)n1. The number of carbonyl (C=O) groups excluding carboxylic acids is 1. The van der Waals surface area contributed by atoms with Gasteiger partial charge in [0.2, 0.25) is 5.91 Å². The number of piperidine rings is 1. The average molecular weight is 400 g/mol. The van der Waals surface area contributed by atoms with E-state index in [1.54, 1.807) is 12.1 Å². The molecule has 3 aromatic rings. The van der Waals surface area contributed by atoms with E-state index in [1.807, 2.05) is 30.9 Å². The van der Waals surface area contributed by atoms with Crippen molar-refractivity contribution in [2.24, 2.45) is 5.92 Å². The van der Waals surface area contributed by atoms with Crippen LogP contribution in [0.2, 0.25) is 5.02 Å². The van der Waals surface area contributed by atoms with Crippen LogP contribution in [0, 0.1) is 19.8 Å². The second kappa shape index (κ2) is 7.75. The van der Waals surface area contributed by atoms with Gasteiger partial charge >= 0.3 is 0 Å². The highest BCUT2D eigenvalue weighted by molar-refractivity contribution is 6.31. The van der Waals surface area contributed by atoms with Crippen molar-refractivity contribution in [2.45, 2.75) is 33.2 Å². The number of anilines is 1. The van der Waals surface area contributed by atoms with Crippen molar-refractivity contribution in [3.05, 3.63) is 46.5 Å². The number of halogens is 1. The number of rotatable bonds is 4. The molecule has 8 heteroatoms. The van der Waals surface area contributed by atoms with Crippen LogP contribution >= 0.6 is 11.6 Å². The van der Waals surface area contributed by atoms with Gasteiger partial charge < -0.3 is 14.6 Å². The van der Waals surface area contributed by atoms with E-state index in [2.05, 4.69) is 20.3 Å². The summed E-state index contributed by atoms with van der Waals surface area (Å²) in [6.45, 7) is 5.56. The molecule has 7 nitrogen and oxygen atoms in total. The van der Waals surface area contributed by atoms with Gasteiger partial charge in [0.15, 0.2) is 5.58 Å². The van der Waals surface area contributed by atoms with E-state index < -0.39 is 0 Å². The number of amides is 1. The molecule has 0 bridgehead atoms. The van der Waals surface area contributed by atoms with Crippen molar-refractivity contribution < 1.29 is 9.21 Å². The quantitative estimate of drug-likeness (QED) is 0.723. The van der Waals surface area contributed by atoms with Crippen LogP contribution < -0.4 is 10.2 Å². The summed E-state index contributed by atoms with van der Waals surface area (Å²) < 4.78 is 5.85. The minimum atomic E-state index is -0.127. The van der Waals surface area contributed by atoms with Gasteiger partial charge in [-0.05, 0) is 51.0 Å². The van der Waals surface area contributed by atoms with Crippen LogP contribution in [0.15, 0.2) is 28.7 Å². The van der Waals surface area contributed by atoms with Crippen LogP contribution in [-0.2, 0) is 11.3 Å². The second-order valence-corrected chi connectivity index (χ2v) is 7.61. The first kappa shape index (κ1) is 18.7. The number of hydrogen-bond acceptors (Lipinski definition) is 6. The molecule has 0 saturated carbocycles. The predicted molar refractivity (Wildman–Crippen MR) is 107 cm³/mol. The molecule has 1 aliphatic rings. The first-order chi connectivity index (χ1) is 13.5. The third-order valence-corrected chi connectivity index (χ3v) is 5.09. The Morgan fingerprint density at radius 2 is 2.04 bits per heavy atom. The molecule has 0 spiro atoms. The highest BCUT2D eigenvalue weighted by Gasteiger charge is 2.28. The van der Waals surface area contributed by atoms with E-state index in [-0.39, 0.29) is 11.8 Å². The molecule has 1 unspecified atom stereocenters. The first-order valence-electron chi connectivity index (χ1n) is 9.38. The normalized spacial score (nSPS) is 17.1. The minimum absolute atomic E-state index is 0.00612. The van der Waals surface area contributed by atoms with Gasteiger partial charge in [-0.2, -0.15) is 4.98 Å². The maximum Gasteiger partial charge on any atom is 0.298 e. The summed E-state index contributed by atoms with van der Waals surface area (Å²) in [5.74, 6) is 0.513. The fourth-order valence-electron chi connectivity index (χ4n) is 3.58. The van der Waals surface area contributed by atoms with Crippen molar-refractivity contribution in [3.8, 4) is 0 Å². The van der Waals surface area contributed by atoms with E-state index >= 15 is 0 Å². The van der Waals surface area contributed by atoms with Crippen LogP contribution in [0.3, 0.4) is 0 Å². The molecular formula is C20H22ClN5O2. The Labute approximate surface area is 168 Å². The van der Waals surface area contributed by atoms with Crippen molar-refractivity contribution >= 4 is 34.6 Å². The molecule has 1 amide bonds. The largest absolute Gasteiger partial charge is 0.423 e. The molecule has 1 saturated heterocycles. The van der Waals surface area contributed by atoms with Gasteiger partial charge in [0.05, 0.1) is 12.5 Å². The lowest BCUT2D eigenvalue weighted by Crippen LogP contribution is -2.43. The van der Waals surface area contributed by atoms with Crippen LogP contribution in [-0.4, -0.2) is 33.9 Å². The number of nitrogens with one attached hydrogen (secondary N) is 1. The number of hydrogen-bond donors (Lipinski definition) is 1. The molecule has 3 heterocycles. The molecule has 0 aliphatic carbocycles. The Morgan fingerprint density at radius 1 is 1.25 bits per heavy atom. The lowest BCUT2D eigenvalue weighted by Gasteiger charge is -2.30. The first-order valence-corrected chi connectivity index (χ1v) is 9.75. The summed E-state index contributed by atoms with van der Waals surface area (Å²) in [7, 11) is 0. The Morgan fingerprint density at radius 3 is 2.82 bits per heavy atom. The van der Waals surface area contributed by atoms with Crippen molar-refractivity contribution in [2.75, 3.05) is 18.0 Å². The van der Waals surface area contributed by atoms with Crippen molar-refractivity contribution in [1.29, 1.82) is 0 Å². The van der Waals surface area contributed by atoms with E-state index in [0.29, 0.717) is 35.5 Å².